The van der Waals surface area contributed by atoms with Crippen LogP contribution in [0.25, 0.3) is 0 Å². The topological polar surface area (TPSA) is 84.3 Å². The molecule has 0 aliphatic heterocycles. The van der Waals surface area contributed by atoms with Gasteiger partial charge in [-0.2, -0.15) is 10.2 Å². The van der Waals surface area contributed by atoms with E-state index in [4.69, 9.17) is 4.74 Å². The largest absolute Gasteiger partial charge is 0.391 e. The van der Waals surface area contributed by atoms with Crippen LogP contribution >= 0.6 is 0 Å². The fraction of sp³-hybridized carbons (Fsp3) is 0.500. The lowest BCUT2D eigenvalue weighted by atomic mass is 10.2. The highest BCUT2D eigenvalue weighted by Crippen LogP contribution is 1.95. The lowest BCUT2D eigenvalue weighted by molar-refractivity contribution is 0.0587. The van der Waals surface area contributed by atoms with Crippen LogP contribution in [0.2, 0.25) is 0 Å². The van der Waals surface area contributed by atoms with Crippen LogP contribution in [0.15, 0.2) is 18.5 Å². The lowest BCUT2D eigenvalue weighted by Gasteiger charge is -2.09. The van der Waals surface area contributed by atoms with Crippen LogP contribution in [-0.4, -0.2) is 47.6 Å². The zero-order valence-electron chi connectivity index (χ0n) is 9.09. The van der Waals surface area contributed by atoms with E-state index >= 15 is 0 Å². The van der Waals surface area contributed by atoms with E-state index in [1.165, 1.54) is 19.5 Å². The molecular weight excluding hydrogens is 210 g/mol. The van der Waals surface area contributed by atoms with Gasteiger partial charge >= 0.3 is 0 Å². The second kappa shape index (κ2) is 6.86. The Hall–Kier alpha value is -1.53. The number of nitrogens with one attached hydrogen (secondary N) is 1. The summed E-state index contributed by atoms with van der Waals surface area (Å²) in [6.45, 7) is 0.665. The Morgan fingerprint density at radius 2 is 2.44 bits per heavy atom. The summed E-state index contributed by atoms with van der Waals surface area (Å²) in [6.07, 6.45) is 2.74. The molecule has 1 unspecified atom stereocenters. The van der Waals surface area contributed by atoms with Crippen LogP contribution in [0.5, 0.6) is 0 Å². The molecule has 0 bridgehead atoms. The first-order valence-electron chi connectivity index (χ1n) is 4.96. The molecule has 0 spiro atoms. The molecule has 0 aliphatic carbocycles. The van der Waals surface area contributed by atoms with Gasteiger partial charge in [-0.25, -0.2) is 0 Å². The van der Waals surface area contributed by atoms with Gasteiger partial charge in [-0.05, 0) is 12.5 Å². The van der Waals surface area contributed by atoms with E-state index < -0.39 is 6.10 Å². The molecule has 0 saturated carbocycles. The normalized spacial score (nSPS) is 12.1. The van der Waals surface area contributed by atoms with Crippen LogP contribution in [0.3, 0.4) is 0 Å². The SMILES string of the molecule is COCC(O)CCNC(=O)c1ccnnc1. The number of nitrogens with zero attached hydrogens (tertiary/aromatic N) is 2. The summed E-state index contributed by atoms with van der Waals surface area (Å²) < 4.78 is 4.76. The van der Waals surface area contributed by atoms with Gasteiger partial charge in [0.05, 0.1) is 30.7 Å². The average molecular weight is 225 g/mol. The van der Waals surface area contributed by atoms with E-state index in [9.17, 15) is 9.90 Å². The van der Waals surface area contributed by atoms with Gasteiger partial charge in [0.15, 0.2) is 0 Å². The number of carbonyl (C=O) groups is 1. The second-order valence-corrected chi connectivity index (χ2v) is 3.28. The van der Waals surface area contributed by atoms with Gasteiger partial charge in [-0.3, -0.25) is 4.79 Å². The molecule has 6 heteroatoms. The Kier molecular flexibility index (Phi) is 5.38. The molecule has 1 aromatic rings. The third-order valence-electron chi connectivity index (χ3n) is 1.97. The number of methoxy groups -OCH3 is 1. The minimum atomic E-state index is -0.555. The predicted molar refractivity (Wildman–Crippen MR) is 56.9 cm³/mol. The Balaban J connectivity index is 2.26. The lowest BCUT2D eigenvalue weighted by Crippen LogP contribution is -2.28. The minimum Gasteiger partial charge on any atom is -0.391 e. The number of amides is 1. The highest BCUT2D eigenvalue weighted by Gasteiger charge is 2.07. The molecule has 1 aromatic heterocycles. The number of hydrogen-bond donors (Lipinski definition) is 2. The smallest absolute Gasteiger partial charge is 0.252 e. The summed E-state index contributed by atoms with van der Waals surface area (Å²) in [5.41, 5.74) is 0.455. The molecule has 2 N–H and O–H groups in total. The standard InChI is InChI=1S/C10H15N3O3/c1-16-7-9(14)3-4-11-10(15)8-2-5-12-13-6-8/h2,5-6,9,14H,3-4,7H2,1H3,(H,11,15). The Bertz CT molecular complexity index is 318. The molecule has 88 valence electrons. The van der Waals surface area contributed by atoms with Crippen LogP contribution in [0.4, 0.5) is 0 Å². The van der Waals surface area contributed by atoms with Crippen LogP contribution in [-0.2, 0) is 4.74 Å². The van der Waals surface area contributed by atoms with Gasteiger partial charge in [0, 0.05) is 13.7 Å². The monoisotopic (exact) mass is 225 g/mol. The van der Waals surface area contributed by atoms with Crippen LogP contribution < -0.4 is 5.32 Å². The van der Waals surface area contributed by atoms with Crippen molar-refractivity contribution in [3.8, 4) is 0 Å². The van der Waals surface area contributed by atoms with Crippen molar-refractivity contribution in [1.29, 1.82) is 0 Å². The number of aliphatic hydroxyl groups is 1. The maximum Gasteiger partial charge on any atom is 0.252 e. The molecule has 0 aliphatic rings. The van der Waals surface area contributed by atoms with Gasteiger partial charge in [-0.15, -0.1) is 0 Å². The molecule has 0 aromatic carbocycles. The van der Waals surface area contributed by atoms with Crippen molar-refractivity contribution in [3.05, 3.63) is 24.0 Å². The fourth-order valence-electron chi connectivity index (χ4n) is 1.16. The quantitative estimate of drug-likeness (QED) is 0.688. The van der Waals surface area contributed by atoms with Crippen molar-refractivity contribution >= 4 is 5.91 Å². The summed E-state index contributed by atoms with van der Waals surface area (Å²) in [5.74, 6) is -0.223. The summed E-state index contributed by atoms with van der Waals surface area (Å²) in [5, 5.41) is 19.2. The van der Waals surface area contributed by atoms with Gasteiger partial charge in [-0.1, -0.05) is 0 Å². The number of aliphatic hydroxyl groups excluding tert-OH is 1. The minimum absolute atomic E-state index is 0.223. The van der Waals surface area contributed by atoms with Crippen molar-refractivity contribution < 1.29 is 14.6 Å². The highest BCUT2D eigenvalue weighted by molar-refractivity contribution is 5.93. The first kappa shape index (κ1) is 12.5. The van der Waals surface area contributed by atoms with Gasteiger partial charge in [0.2, 0.25) is 0 Å². The van der Waals surface area contributed by atoms with E-state index in [-0.39, 0.29) is 12.5 Å². The molecule has 1 rings (SSSR count). The second-order valence-electron chi connectivity index (χ2n) is 3.28. The Morgan fingerprint density at radius 1 is 1.62 bits per heavy atom. The van der Waals surface area contributed by atoms with Gasteiger partial charge in [0.25, 0.3) is 5.91 Å². The number of aromatic nitrogens is 2. The summed E-state index contributed by atoms with van der Waals surface area (Å²) in [7, 11) is 1.52. The van der Waals surface area contributed by atoms with Crippen molar-refractivity contribution in [2.45, 2.75) is 12.5 Å². The Morgan fingerprint density at radius 3 is 3.06 bits per heavy atom. The van der Waals surface area contributed by atoms with E-state index in [2.05, 4.69) is 15.5 Å². The fourth-order valence-corrected chi connectivity index (χ4v) is 1.16. The van der Waals surface area contributed by atoms with E-state index in [0.717, 1.165) is 0 Å². The molecule has 1 amide bonds. The summed E-state index contributed by atoms with van der Waals surface area (Å²) >= 11 is 0. The number of rotatable bonds is 6. The zero-order chi connectivity index (χ0) is 11.8. The van der Waals surface area contributed by atoms with Crippen molar-refractivity contribution in [1.82, 2.24) is 15.5 Å². The average Bonchev–Trinajstić information content (AvgIpc) is 2.30. The Labute approximate surface area is 93.6 Å². The van der Waals surface area contributed by atoms with Gasteiger partial charge in [0.1, 0.15) is 0 Å². The van der Waals surface area contributed by atoms with Gasteiger partial charge < -0.3 is 15.2 Å². The van der Waals surface area contributed by atoms with Crippen molar-refractivity contribution in [2.24, 2.45) is 0 Å². The first-order valence-corrected chi connectivity index (χ1v) is 4.96. The van der Waals surface area contributed by atoms with Crippen LogP contribution in [0, 0.1) is 0 Å². The van der Waals surface area contributed by atoms with E-state index in [0.29, 0.717) is 18.5 Å². The molecule has 0 fully saturated rings. The molecule has 1 atom stereocenters. The van der Waals surface area contributed by atoms with Crippen molar-refractivity contribution in [2.75, 3.05) is 20.3 Å². The third kappa shape index (κ3) is 4.33. The molecular formula is C10H15N3O3. The highest BCUT2D eigenvalue weighted by atomic mass is 16.5. The van der Waals surface area contributed by atoms with E-state index in [1.54, 1.807) is 6.07 Å². The molecule has 16 heavy (non-hydrogen) atoms. The zero-order valence-corrected chi connectivity index (χ0v) is 9.09. The number of carbonyl (C=O) groups excluding carboxylic acids is 1. The van der Waals surface area contributed by atoms with Crippen molar-refractivity contribution in [3.63, 3.8) is 0 Å². The van der Waals surface area contributed by atoms with E-state index in [1.807, 2.05) is 0 Å². The van der Waals surface area contributed by atoms with Crippen LogP contribution in [0.1, 0.15) is 16.8 Å². The molecule has 6 nitrogen and oxygen atoms in total. The summed E-state index contributed by atoms with van der Waals surface area (Å²) in [6, 6.07) is 1.58. The molecule has 0 saturated heterocycles. The maximum absolute atomic E-state index is 11.5. The maximum atomic E-state index is 11.5. The number of hydrogen-bond acceptors (Lipinski definition) is 5. The number of ether oxygens (including phenoxy) is 1. The third-order valence-corrected chi connectivity index (χ3v) is 1.97. The predicted octanol–water partition coefficient (Wildman–Crippen LogP) is -0.396. The first-order chi connectivity index (χ1) is 7.74. The molecule has 1 heterocycles. The molecule has 0 radical (unpaired) electrons. The summed E-state index contributed by atoms with van der Waals surface area (Å²) in [4.78, 5) is 11.5.